The molecule has 0 aliphatic carbocycles. The van der Waals surface area contributed by atoms with Crippen molar-refractivity contribution < 1.29 is 13.9 Å². The van der Waals surface area contributed by atoms with Crippen LogP contribution in [0.2, 0.25) is 0 Å². The zero-order valence-electron chi connectivity index (χ0n) is 12.9. The summed E-state index contributed by atoms with van der Waals surface area (Å²) in [6.07, 6.45) is 1.23. The zero-order chi connectivity index (χ0) is 17.6. The van der Waals surface area contributed by atoms with Gasteiger partial charge in [-0.15, -0.1) is 0 Å². The first kappa shape index (κ1) is 16.2. The number of nitrogens with zero attached hydrogens (tertiary/aromatic N) is 2. The first-order valence-corrected chi connectivity index (χ1v) is 7.29. The molecule has 2 aromatic carbocycles. The van der Waals surface area contributed by atoms with E-state index >= 15 is 0 Å². The number of ether oxygens (including phenoxy) is 1. The molecule has 0 saturated heterocycles. The Morgan fingerprint density at radius 3 is 2.52 bits per heavy atom. The molecule has 0 aliphatic heterocycles. The van der Waals surface area contributed by atoms with Crippen LogP contribution < -0.4 is 21.3 Å². The number of benzene rings is 2. The van der Waals surface area contributed by atoms with Crippen molar-refractivity contribution in [1.29, 1.82) is 0 Å². The van der Waals surface area contributed by atoms with Crippen molar-refractivity contribution in [1.82, 2.24) is 15.4 Å². The van der Waals surface area contributed by atoms with Gasteiger partial charge in [0.1, 0.15) is 23.6 Å². The number of hydrazine groups is 1. The molecule has 3 aromatic rings. The van der Waals surface area contributed by atoms with Crippen LogP contribution in [0.1, 0.15) is 10.4 Å². The Morgan fingerprint density at radius 2 is 1.76 bits per heavy atom. The third-order valence-electron chi connectivity index (χ3n) is 3.22. The Bertz CT molecular complexity index is 889. The van der Waals surface area contributed by atoms with Gasteiger partial charge in [0.25, 0.3) is 5.91 Å². The average Bonchev–Trinajstić information content (AvgIpc) is 2.63. The standard InChI is InChI=1S/C17H14FN5O2/c18-13-9-5-4-8-12(13)16(24)23-22-15-14(19)17(21-10-20-15)25-11-6-2-1-3-7-11/h1-10H,19H2,(H,23,24)(H,20,21,22). The van der Waals surface area contributed by atoms with E-state index in [4.69, 9.17) is 10.5 Å². The molecule has 1 amide bonds. The predicted octanol–water partition coefficient (Wildman–Crippen LogP) is 2.75. The summed E-state index contributed by atoms with van der Waals surface area (Å²) in [4.78, 5) is 19.9. The number of nitrogens with two attached hydrogens (primary N) is 1. The highest BCUT2D eigenvalue weighted by atomic mass is 19.1. The van der Waals surface area contributed by atoms with Gasteiger partial charge in [-0.05, 0) is 24.3 Å². The van der Waals surface area contributed by atoms with Gasteiger partial charge in [0.05, 0.1) is 5.56 Å². The summed E-state index contributed by atoms with van der Waals surface area (Å²) in [6, 6.07) is 14.6. The summed E-state index contributed by atoms with van der Waals surface area (Å²) < 4.78 is 19.2. The van der Waals surface area contributed by atoms with Crippen LogP contribution in [0, 0.1) is 5.82 Å². The number of nitrogens with one attached hydrogen (secondary N) is 2. The molecule has 0 bridgehead atoms. The Balaban J connectivity index is 1.72. The van der Waals surface area contributed by atoms with Gasteiger partial charge >= 0.3 is 0 Å². The summed E-state index contributed by atoms with van der Waals surface area (Å²) >= 11 is 0. The van der Waals surface area contributed by atoms with Crippen LogP contribution in [0.4, 0.5) is 15.9 Å². The van der Waals surface area contributed by atoms with Crippen molar-refractivity contribution in [3.05, 3.63) is 72.3 Å². The number of aromatic nitrogens is 2. The highest BCUT2D eigenvalue weighted by Crippen LogP contribution is 2.28. The highest BCUT2D eigenvalue weighted by molar-refractivity contribution is 5.95. The second-order valence-corrected chi connectivity index (χ2v) is 4.92. The second kappa shape index (κ2) is 7.26. The molecule has 0 unspecified atom stereocenters. The quantitative estimate of drug-likeness (QED) is 0.618. The molecule has 1 aromatic heterocycles. The van der Waals surface area contributed by atoms with Crippen molar-refractivity contribution in [2.24, 2.45) is 0 Å². The van der Waals surface area contributed by atoms with Gasteiger partial charge in [0.15, 0.2) is 5.82 Å². The van der Waals surface area contributed by atoms with Crippen molar-refractivity contribution >= 4 is 17.4 Å². The van der Waals surface area contributed by atoms with E-state index in [1.807, 2.05) is 6.07 Å². The maximum absolute atomic E-state index is 13.6. The molecule has 25 heavy (non-hydrogen) atoms. The highest BCUT2D eigenvalue weighted by Gasteiger charge is 2.13. The van der Waals surface area contributed by atoms with E-state index in [0.29, 0.717) is 5.75 Å². The fourth-order valence-electron chi connectivity index (χ4n) is 1.99. The summed E-state index contributed by atoms with van der Waals surface area (Å²) in [6.45, 7) is 0. The number of amides is 1. The lowest BCUT2D eigenvalue weighted by molar-refractivity contribution is 0.0958. The average molecular weight is 339 g/mol. The van der Waals surface area contributed by atoms with Crippen molar-refractivity contribution in [2.45, 2.75) is 0 Å². The van der Waals surface area contributed by atoms with Crippen molar-refractivity contribution in [2.75, 3.05) is 11.2 Å². The van der Waals surface area contributed by atoms with E-state index in [-0.39, 0.29) is 22.9 Å². The second-order valence-electron chi connectivity index (χ2n) is 4.92. The fraction of sp³-hybridized carbons (Fsp3) is 0. The molecule has 0 spiro atoms. The fourth-order valence-corrected chi connectivity index (χ4v) is 1.99. The number of nitrogen functional groups attached to an aromatic ring is 1. The molecule has 7 nitrogen and oxygen atoms in total. The van der Waals surface area contributed by atoms with E-state index in [1.54, 1.807) is 30.3 Å². The number of anilines is 2. The van der Waals surface area contributed by atoms with Gasteiger partial charge in [0, 0.05) is 0 Å². The van der Waals surface area contributed by atoms with E-state index in [0.717, 1.165) is 0 Å². The van der Waals surface area contributed by atoms with Crippen LogP contribution >= 0.6 is 0 Å². The minimum atomic E-state index is -0.665. The lowest BCUT2D eigenvalue weighted by Gasteiger charge is -2.12. The summed E-state index contributed by atoms with van der Waals surface area (Å²) in [5, 5.41) is 0. The minimum absolute atomic E-state index is 0.0974. The van der Waals surface area contributed by atoms with Gasteiger partial charge in [-0.1, -0.05) is 30.3 Å². The predicted molar refractivity (Wildman–Crippen MR) is 90.4 cm³/mol. The molecular formula is C17H14FN5O2. The normalized spacial score (nSPS) is 10.1. The zero-order valence-corrected chi connectivity index (χ0v) is 12.9. The van der Waals surface area contributed by atoms with E-state index < -0.39 is 11.7 Å². The summed E-state index contributed by atoms with van der Waals surface area (Å²) in [7, 11) is 0. The molecule has 1 heterocycles. The van der Waals surface area contributed by atoms with Crippen LogP contribution in [0.3, 0.4) is 0 Å². The van der Waals surface area contributed by atoms with Gasteiger partial charge < -0.3 is 10.5 Å². The van der Waals surface area contributed by atoms with E-state index in [9.17, 15) is 9.18 Å². The molecule has 8 heteroatoms. The largest absolute Gasteiger partial charge is 0.437 e. The molecule has 0 fully saturated rings. The van der Waals surface area contributed by atoms with Gasteiger partial charge in [-0.2, -0.15) is 4.98 Å². The van der Waals surface area contributed by atoms with Gasteiger partial charge in [-0.25, -0.2) is 9.37 Å². The van der Waals surface area contributed by atoms with E-state index in [1.165, 1.54) is 24.5 Å². The van der Waals surface area contributed by atoms with Crippen LogP contribution in [0.25, 0.3) is 0 Å². The molecule has 0 atom stereocenters. The van der Waals surface area contributed by atoms with Crippen molar-refractivity contribution in [3.8, 4) is 11.6 Å². The topological polar surface area (TPSA) is 102 Å². The molecule has 0 radical (unpaired) electrons. The number of halogens is 1. The summed E-state index contributed by atoms with van der Waals surface area (Å²) in [5.41, 5.74) is 10.8. The maximum Gasteiger partial charge on any atom is 0.272 e. The smallest absolute Gasteiger partial charge is 0.272 e. The van der Waals surface area contributed by atoms with Crippen LogP contribution in [-0.2, 0) is 0 Å². The van der Waals surface area contributed by atoms with Gasteiger partial charge in [0.2, 0.25) is 5.88 Å². The van der Waals surface area contributed by atoms with Crippen LogP contribution in [0.15, 0.2) is 60.9 Å². The molecule has 3 rings (SSSR count). The summed E-state index contributed by atoms with van der Waals surface area (Å²) in [5.74, 6) is -0.490. The number of hydrogen-bond acceptors (Lipinski definition) is 6. The molecule has 4 N–H and O–H groups in total. The number of carbonyl (C=O) groups is 1. The molecule has 0 aliphatic rings. The minimum Gasteiger partial charge on any atom is -0.437 e. The third-order valence-corrected chi connectivity index (χ3v) is 3.22. The monoisotopic (exact) mass is 339 g/mol. The SMILES string of the molecule is Nc1c(NNC(=O)c2ccccc2F)ncnc1Oc1ccccc1. The molecule has 126 valence electrons. The Hall–Kier alpha value is -3.68. The number of rotatable bonds is 5. The first-order chi connectivity index (χ1) is 12.1. The lowest BCUT2D eigenvalue weighted by atomic mass is 10.2. The van der Waals surface area contributed by atoms with Crippen LogP contribution in [-0.4, -0.2) is 15.9 Å². The van der Waals surface area contributed by atoms with E-state index in [2.05, 4.69) is 20.8 Å². The van der Waals surface area contributed by atoms with Crippen LogP contribution in [0.5, 0.6) is 11.6 Å². The maximum atomic E-state index is 13.6. The third kappa shape index (κ3) is 3.81. The Labute approximate surface area is 142 Å². The molecular weight excluding hydrogens is 325 g/mol. The van der Waals surface area contributed by atoms with Gasteiger partial charge in [-0.3, -0.25) is 15.6 Å². The number of hydrogen-bond donors (Lipinski definition) is 3. The van der Waals surface area contributed by atoms with Crippen molar-refractivity contribution in [3.63, 3.8) is 0 Å². The Morgan fingerprint density at radius 1 is 1.04 bits per heavy atom. The number of para-hydroxylation sites is 1. The molecule has 0 saturated carbocycles. The first-order valence-electron chi connectivity index (χ1n) is 7.29. The number of carbonyl (C=O) groups excluding carboxylic acids is 1. The lowest BCUT2D eigenvalue weighted by Crippen LogP contribution is -2.31. The Kier molecular flexibility index (Phi) is 4.70.